The summed E-state index contributed by atoms with van der Waals surface area (Å²) in [7, 11) is 0. The molecule has 0 fully saturated rings. The second-order valence-corrected chi connectivity index (χ2v) is 6.17. The van der Waals surface area contributed by atoms with Gasteiger partial charge < -0.3 is 10.0 Å². The first-order valence-corrected chi connectivity index (χ1v) is 8.02. The molecule has 22 heavy (non-hydrogen) atoms. The average Bonchev–Trinajstić information content (AvgIpc) is 2.99. The Balaban J connectivity index is 1.85. The Morgan fingerprint density at radius 1 is 1.05 bits per heavy atom. The molecule has 0 unspecified atom stereocenters. The number of aliphatic hydroxyl groups excluding tert-OH is 1. The molecule has 0 saturated carbocycles. The number of thiophene rings is 1. The maximum Gasteiger partial charge on any atom is 0.264 e. The summed E-state index contributed by atoms with van der Waals surface area (Å²) in [6.45, 7) is 0.805. The number of carbonyl (C=O) groups excluding carboxylic acids is 1. The third-order valence-electron chi connectivity index (χ3n) is 3.51. The Labute approximate surface area is 133 Å². The normalized spacial score (nSPS) is 10.8. The number of benzene rings is 2. The van der Waals surface area contributed by atoms with Gasteiger partial charge in [0, 0.05) is 17.8 Å². The molecule has 3 rings (SSSR count). The molecule has 3 nitrogen and oxygen atoms in total. The van der Waals surface area contributed by atoms with Gasteiger partial charge in [0.05, 0.1) is 11.5 Å². The Morgan fingerprint density at radius 2 is 1.77 bits per heavy atom. The minimum absolute atomic E-state index is 0.0286. The first-order valence-electron chi connectivity index (χ1n) is 7.20. The highest BCUT2D eigenvalue weighted by Crippen LogP contribution is 2.26. The molecular weight excluding hydrogens is 294 g/mol. The van der Waals surface area contributed by atoms with Crippen LogP contribution >= 0.6 is 11.3 Å². The molecule has 2 aromatic carbocycles. The lowest BCUT2D eigenvalue weighted by Crippen LogP contribution is -2.32. The van der Waals surface area contributed by atoms with Crippen LogP contribution in [0, 0.1) is 0 Å². The topological polar surface area (TPSA) is 40.5 Å². The zero-order valence-corrected chi connectivity index (χ0v) is 12.9. The van der Waals surface area contributed by atoms with Gasteiger partial charge >= 0.3 is 0 Å². The van der Waals surface area contributed by atoms with Crippen LogP contribution in [0.1, 0.15) is 15.2 Å². The number of carbonyl (C=O) groups is 1. The summed E-state index contributed by atoms with van der Waals surface area (Å²) in [6, 6.07) is 19.7. The van der Waals surface area contributed by atoms with E-state index in [9.17, 15) is 9.90 Å². The van der Waals surface area contributed by atoms with Crippen molar-refractivity contribution >= 4 is 27.3 Å². The quantitative estimate of drug-likeness (QED) is 0.783. The number of nitrogens with zero attached hydrogens (tertiary/aromatic N) is 1. The summed E-state index contributed by atoms with van der Waals surface area (Å²) in [5.41, 5.74) is 1.06. The fraction of sp³-hybridized carbons (Fsp3) is 0.167. The third-order valence-corrected chi connectivity index (χ3v) is 4.61. The van der Waals surface area contributed by atoms with Crippen molar-refractivity contribution in [3.63, 3.8) is 0 Å². The molecule has 1 amide bonds. The van der Waals surface area contributed by atoms with Crippen LogP contribution in [0.3, 0.4) is 0 Å². The van der Waals surface area contributed by atoms with Crippen LogP contribution < -0.4 is 0 Å². The van der Waals surface area contributed by atoms with Gasteiger partial charge in [0.15, 0.2) is 0 Å². The molecule has 1 N–H and O–H groups in total. The molecule has 0 radical (unpaired) electrons. The van der Waals surface area contributed by atoms with Crippen molar-refractivity contribution in [1.82, 2.24) is 4.90 Å². The summed E-state index contributed by atoms with van der Waals surface area (Å²) in [5.74, 6) is -0.0286. The van der Waals surface area contributed by atoms with E-state index < -0.39 is 0 Å². The molecule has 1 heterocycles. The number of hydrogen-bond donors (Lipinski definition) is 1. The summed E-state index contributed by atoms with van der Waals surface area (Å²) in [4.78, 5) is 15.1. The van der Waals surface area contributed by atoms with Gasteiger partial charge in [-0.05, 0) is 23.1 Å². The highest BCUT2D eigenvalue weighted by Gasteiger charge is 2.18. The van der Waals surface area contributed by atoms with E-state index in [1.807, 2.05) is 60.7 Å². The van der Waals surface area contributed by atoms with E-state index in [0.717, 1.165) is 15.6 Å². The van der Waals surface area contributed by atoms with Gasteiger partial charge in [0.25, 0.3) is 5.91 Å². The van der Waals surface area contributed by atoms with Crippen LogP contribution in [0.4, 0.5) is 0 Å². The molecule has 4 heteroatoms. The Kier molecular flexibility index (Phi) is 4.51. The smallest absolute Gasteiger partial charge is 0.264 e. The van der Waals surface area contributed by atoms with Crippen molar-refractivity contribution in [3.05, 3.63) is 71.1 Å². The molecule has 0 bridgehead atoms. The molecule has 3 aromatic rings. The SMILES string of the molecule is O=C(c1cc2ccccc2s1)N(CCO)Cc1ccccc1. The van der Waals surface area contributed by atoms with E-state index in [1.54, 1.807) is 4.90 Å². The van der Waals surface area contributed by atoms with E-state index in [4.69, 9.17) is 0 Å². The monoisotopic (exact) mass is 311 g/mol. The van der Waals surface area contributed by atoms with Crippen LogP contribution in [-0.4, -0.2) is 29.1 Å². The molecular formula is C18H17NO2S. The molecule has 1 aromatic heterocycles. The van der Waals surface area contributed by atoms with Gasteiger partial charge in [0.2, 0.25) is 0 Å². The summed E-state index contributed by atoms with van der Waals surface area (Å²) < 4.78 is 1.11. The first kappa shape index (κ1) is 14.8. The van der Waals surface area contributed by atoms with E-state index in [1.165, 1.54) is 11.3 Å². The zero-order valence-electron chi connectivity index (χ0n) is 12.1. The fourth-order valence-corrected chi connectivity index (χ4v) is 3.45. The van der Waals surface area contributed by atoms with Crippen molar-refractivity contribution in [2.24, 2.45) is 0 Å². The van der Waals surface area contributed by atoms with Crippen LogP contribution in [0.25, 0.3) is 10.1 Å². The zero-order chi connectivity index (χ0) is 15.4. The van der Waals surface area contributed by atoms with Gasteiger partial charge in [-0.15, -0.1) is 11.3 Å². The lowest BCUT2D eigenvalue weighted by molar-refractivity contribution is 0.0713. The van der Waals surface area contributed by atoms with Crippen molar-refractivity contribution in [3.8, 4) is 0 Å². The van der Waals surface area contributed by atoms with Crippen LogP contribution in [-0.2, 0) is 6.54 Å². The molecule has 0 saturated heterocycles. The fourth-order valence-electron chi connectivity index (χ4n) is 2.42. The number of hydrogen-bond acceptors (Lipinski definition) is 3. The van der Waals surface area contributed by atoms with Crippen LogP contribution in [0.5, 0.6) is 0 Å². The second-order valence-electron chi connectivity index (χ2n) is 5.08. The first-order chi connectivity index (χ1) is 10.8. The molecule has 0 aliphatic heterocycles. The van der Waals surface area contributed by atoms with Gasteiger partial charge in [-0.25, -0.2) is 0 Å². The average molecular weight is 311 g/mol. The maximum absolute atomic E-state index is 12.7. The van der Waals surface area contributed by atoms with E-state index in [0.29, 0.717) is 18.0 Å². The van der Waals surface area contributed by atoms with Crippen molar-refractivity contribution in [2.75, 3.05) is 13.2 Å². The van der Waals surface area contributed by atoms with Crippen molar-refractivity contribution in [2.45, 2.75) is 6.54 Å². The number of aliphatic hydroxyl groups is 1. The summed E-state index contributed by atoms with van der Waals surface area (Å²) >= 11 is 1.50. The van der Waals surface area contributed by atoms with E-state index >= 15 is 0 Å². The summed E-state index contributed by atoms with van der Waals surface area (Å²) in [6.07, 6.45) is 0. The molecule has 112 valence electrons. The van der Waals surface area contributed by atoms with Crippen molar-refractivity contribution in [1.29, 1.82) is 0 Å². The standard InChI is InChI=1S/C18H17NO2S/c20-11-10-19(13-14-6-2-1-3-7-14)18(21)17-12-15-8-4-5-9-16(15)22-17/h1-9,12,20H,10-11,13H2. The highest BCUT2D eigenvalue weighted by molar-refractivity contribution is 7.20. The second kappa shape index (κ2) is 6.73. The molecule has 0 spiro atoms. The maximum atomic E-state index is 12.7. The van der Waals surface area contributed by atoms with Crippen molar-refractivity contribution < 1.29 is 9.90 Å². The molecule has 0 aliphatic carbocycles. The van der Waals surface area contributed by atoms with Gasteiger partial charge in [-0.1, -0.05) is 48.5 Å². The largest absolute Gasteiger partial charge is 0.395 e. The molecule has 0 aliphatic rings. The predicted octanol–water partition coefficient (Wildman–Crippen LogP) is 3.54. The van der Waals surface area contributed by atoms with Gasteiger partial charge in [-0.2, -0.15) is 0 Å². The predicted molar refractivity (Wildman–Crippen MR) is 90.1 cm³/mol. The number of fused-ring (bicyclic) bond motifs is 1. The Hall–Kier alpha value is -2.17. The van der Waals surface area contributed by atoms with E-state index in [2.05, 4.69) is 0 Å². The van der Waals surface area contributed by atoms with E-state index in [-0.39, 0.29) is 12.5 Å². The Bertz CT molecular complexity index is 734. The minimum atomic E-state index is -0.0382. The molecule has 0 atom stereocenters. The lowest BCUT2D eigenvalue weighted by Gasteiger charge is -2.21. The number of amides is 1. The number of rotatable bonds is 5. The lowest BCUT2D eigenvalue weighted by atomic mass is 10.2. The minimum Gasteiger partial charge on any atom is -0.395 e. The summed E-state index contributed by atoms with van der Waals surface area (Å²) in [5, 5.41) is 10.3. The highest BCUT2D eigenvalue weighted by atomic mass is 32.1. The van der Waals surface area contributed by atoms with Crippen LogP contribution in [0.15, 0.2) is 60.7 Å². The van der Waals surface area contributed by atoms with Gasteiger partial charge in [0.1, 0.15) is 0 Å². The van der Waals surface area contributed by atoms with Gasteiger partial charge in [-0.3, -0.25) is 4.79 Å². The Morgan fingerprint density at radius 3 is 2.50 bits per heavy atom. The van der Waals surface area contributed by atoms with Crippen LogP contribution in [0.2, 0.25) is 0 Å². The third kappa shape index (κ3) is 3.18.